The topological polar surface area (TPSA) is 81.9 Å². The smallest absolute Gasteiger partial charge is 0.254 e. The van der Waals surface area contributed by atoms with E-state index in [-0.39, 0.29) is 18.5 Å². The number of primary amides is 1. The number of rotatable bonds is 7. The lowest BCUT2D eigenvalue weighted by molar-refractivity contribution is -0.119. The van der Waals surface area contributed by atoms with Gasteiger partial charge < -0.3 is 20.1 Å². The van der Waals surface area contributed by atoms with Crippen molar-refractivity contribution >= 4 is 11.8 Å². The summed E-state index contributed by atoms with van der Waals surface area (Å²) in [6, 6.07) is 12.9. The highest BCUT2D eigenvalue weighted by molar-refractivity contribution is 5.97. The van der Waals surface area contributed by atoms with Crippen molar-refractivity contribution in [3.63, 3.8) is 0 Å². The van der Waals surface area contributed by atoms with Crippen molar-refractivity contribution < 1.29 is 19.1 Å². The third-order valence-electron chi connectivity index (χ3n) is 4.84. The Balaban J connectivity index is 1.86. The van der Waals surface area contributed by atoms with E-state index in [2.05, 4.69) is 19.1 Å². The summed E-state index contributed by atoms with van der Waals surface area (Å²) < 4.78 is 11.1. The zero-order valence-corrected chi connectivity index (χ0v) is 16.3. The Hall–Kier alpha value is -3.02. The van der Waals surface area contributed by atoms with Crippen LogP contribution in [0.2, 0.25) is 0 Å². The van der Waals surface area contributed by atoms with Crippen molar-refractivity contribution in [1.82, 2.24) is 4.90 Å². The molecule has 0 bridgehead atoms. The van der Waals surface area contributed by atoms with Crippen LogP contribution in [-0.4, -0.2) is 36.5 Å². The minimum atomic E-state index is -0.555. The van der Waals surface area contributed by atoms with Crippen molar-refractivity contribution in [2.24, 2.45) is 5.73 Å². The second-order valence-electron chi connectivity index (χ2n) is 6.93. The number of nitrogens with two attached hydrogens (primary N) is 1. The second-order valence-corrected chi connectivity index (χ2v) is 6.93. The first kappa shape index (κ1) is 19.7. The normalized spacial score (nSPS) is 13.6. The van der Waals surface area contributed by atoms with Crippen LogP contribution in [0.3, 0.4) is 0 Å². The standard InChI is InChI=1S/C22H26N2O4/c1-3-4-16-5-7-17(8-6-16)15(2)24(14-21(23)25)22(26)18-9-10-19-20(13-18)28-12-11-27-19/h5-10,13,15H,3-4,11-12,14H2,1-2H3,(H2,23,25). The Kier molecular flexibility index (Phi) is 6.19. The van der Waals surface area contributed by atoms with Gasteiger partial charge in [-0.25, -0.2) is 0 Å². The number of fused-ring (bicyclic) bond motifs is 1. The highest BCUT2D eigenvalue weighted by atomic mass is 16.6. The van der Waals surface area contributed by atoms with Gasteiger partial charge in [0, 0.05) is 5.56 Å². The van der Waals surface area contributed by atoms with Gasteiger partial charge in [-0.3, -0.25) is 9.59 Å². The fraction of sp³-hybridized carbons (Fsp3) is 0.364. The maximum Gasteiger partial charge on any atom is 0.254 e. The molecule has 1 aliphatic heterocycles. The molecule has 0 fully saturated rings. The predicted molar refractivity (Wildman–Crippen MR) is 107 cm³/mol. The molecule has 2 aromatic rings. The van der Waals surface area contributed by atoms with Gasteiger partial charge in [-0.1, -0.05) is 37.6 Å². The molecule has 1 atom stereocenters. The van der Waals surface area contributed by atoms with Gasteiger partial charge in [0.25, 0.3) is 5.91 Å². The lowest BCUT2D eigenvalue weighted by Gasteiger charge is -2.29. The largest absolute Gasteiger partial charge is 0.486 e. The Morgan fingerprint density at radius 3 is 2.39 bits per heavy atom. The number of ether oxygens (including phenoxy) is 2. The van der Waals surface area contributed by atoms with E-state index in [4.69, 9.17) is 15.2 Å². The fourth-order valence-electron chi connectivity index (χ4n) is 3.33. The summed E-state index contributed by atoms with van der Waals surface area (Å²) in [6.07, 6.45) is 2.08. The first-order valence-electron chi connectivity index (χ1n) is 9.57. The highest BCUT2D eigenvalue weighted by Crippen LogP contribution is 2.32. The molecule has 2 N–H and O–H groups in total. The van der Waals surface area contributed by atoms with Crippen LogP contribution in [-0.2, 0) is 11.2 Å². The minimum absolute atomic E-state index is 0.162. The molecule has 1 heterocycles. The molecule has 6 nitrogen and oxygen atoms in total. The summed E-state index contributed by atoms with van der Waals surface area (Å²) in [5.74, 6) is 0.317. The summed E-state index contributed by atoms with van der Waals surface area (Å²) in [4.78, 5) is 26.3. The van der Waals surface area contributed by atoms with Gasteiger partial charge in [-0.05, 0) is 42.7 Å². The molecule has 148 valence electrons. The van der Waals surface area contributed by atoms with Crippen LogP contribution in [0.25, 0.3) is 0 Å². The summed E-state index contributed by atoms with van der Waals surface area (Å²) in [7, 11) is 0. The number of hydrogen-bond donors (Lipinski definition) is 1. The summed E-state index contributed by atoms with van der Waals surface area (Å²) in [5.41, 5.74) is 8.05. The van der Waals surface area contributed by atoms with Crippen LogP contribution in [0.4, 0.5) is 0 Å². The first-order chi connectivity index (χ1) is 13.5. The van der Waals surface area contributed by atoms with E-state index in [0.717, 1.165) is 18.4 Å². The molecular weight excluding hydrogens is 356 g/mol. The van der Waals surface area contributed by atoms with E-state index in [1.165, 1.54) is 10.5 Å². The SMILES string of the molecule is CCCc1ccc(C(C)N(CC(N)=O)C(=O)c2ccc3c(c2)OCCO3)cc1. The van der Waals surface area contributed by atoms with Gasteiger partial charge >= 0.3 is 0 Å². The van der Waals surface area contributed by atoms with Crippen molar-refractivity contribution in [2.45, 2.75) is 32.7 Å². The lowest BCUT2D eigenvalue weighted by atomic mass is 10.0. The number of hydrogen-bond acceptors (Lipinski definition) is 4. The third-order valence-corrected chi connectivity index (χ3v) is 4.84. The number of carbonyl (C=O) groups excluding carboxylic acids is 2. The summed E-state index contributed by atoms with van der Waals surface area (Å²) in [5, 5.41) is 0. The van der Waals surface area contributed by atoms with Crippen molar-refractivity contribution in [3.8, 4) is 11.5 Å². The molecule has 1 unspecified atom stereocenters. The van der Waals surface area contributed by atoms with Crippen LogP contribution >= 0.6 is 0 Å². The number of aryl methyl sites for hydroxylation is 1. The summed E-state index contributed by atoms with van der Waals surface area (Å²) >= 11 is 0. The molecule has 1 aliphatic rings. The van der Waals surface area contributed by atoms with Crippen LogP contribution < -0.4 is 15.2 Å². The van der Waals surface area contributed by atoms with Crippen molar-refractivity contribution in [2.75, 3.05) is 19.8 Å². The molecule has 0 aliphatic carbocycles. The molecule has 3 rings (SSSR count). The van der Waals surface area contributed by atoms with Crippen LogP contribution in [0.5, 0.6) is 11.5 Å². The Bertz CT molecular complexity index is 848. The van der Waals surface area contributed by atoms with Gasteiger partial charge in [0.15, 0.2) is 11.5 Å². The average Bonchev–Trinajstić information content (AvgIpc) is 2.71. The molecule has 0 saturated carbocycles. The summed E-state index contributed by atoms with van der Waals surface area (Å²) in [6.45, 7) is 4.80. The predicted octanol–water partition coefficient (Wildman–Crippen LogP) is 3.10. The lowest BCUT2D eigenvalue weighted by Crippen LogP contribution is -2.40. The molecule has 2 aromatic carbocycles. The van der Waals surface area contributed by atoms with E-state index in [9.17, 15) is 9.59 Å². The van der Waals surface area contributed by atoms with E-state index in [0.29, 0.717) is 30.3 Å². The zero-order valence-electron chi connectivity index (χ0n) is 16.3. The minimum Gasteiger partial charge on any atom is -0.486 e. The van der Waals surface area contributed by atoms with Crippen LogP contribution in [0.1, 0.15) is 47.8 Å². The monoisotopic (exact) mass is 382 g/mol. The third kappa shape index (κ3) is 4.44. The fourth-order valence-corrected chi connectivity index (χ4v) is 3.33. The molecular formula is C22H26N2O4. The van der Waals surface area contributed by atoms with Gasteiger partial charge in [0.1, 0.15) is 19.8 Å². The Labute approximate surface area is 165 Å². The van der Waals surface area contributed by atoms with E-state index in [1.54, 1.807) is 18.2 Å². The number of benzene rings is 2. The highest BCUT2D eigenvalue weighted by Gasteiger charge is 2.26. The second kappa shape index (κ2) is 8.78. The van der Waals surface area contributed by atoms with E-state index < -0.39 is 5.91 Å². The molecule has 0 radical (unpaired) electrons. The zero-order chi connectivity index (χ0) is 20.1. The quantitative estimate of drug-likeness (QED) is 0.798. The maximum atomic E-state index is 13.2. The number of nitrogens with zero attached hydrogens (tertiary/aromatic N) is 1. The van der Waals surface area contributed by atoms with Gasteiger partial charge in [0.05, 0.1) is 6.04 Å². The molecule has 6 heteroatoms. The number of amides is 2. The van der Waals surface area contributed by atoms with Gasteiger partial charge in [-0.15, -0.1) is 0 Å². The molecule has 0 saturated heterocycles. The van der Waals surface area contributed by atoms with E-state index >= 15 is 0 Å². The van der Waals surface area contributed by atoms with Crippen molar-refractivity contribution in [1.29, 1.82) is 0 Å². The Morgan fingerprint density at radius 2 is 1.75 bits per heavy atom. The van der Waals surface area contributed by atoms with Crippen molar-refractivity contribution in [3.05, 3.63) is 59.2 Å². The maximum absolute atomic E-state index is 13.2. The molecule has 0 aromatic heterocycles. The Morgan fingerprint density at radius 1 is 1.07 bits per heavy atom. The first-order valence-corrected chi connectivity index (χ1v) is 9.57. The van der Waals surface area contributed by atoms with Gasteiger partial charge in [0.2, 0.25) is 5.91 Å². The molecule has 0 spiro atoms. The average molecular weight is 382 g/mol. The number of carbonyl (C=O) groups is 2. The van der Waals surface area contributed by atoms with E-state index in [1.807, 2.05) is 19.1 Å². The van der Waals surface area contributed by atoms with Crippen LogP contribution in [0.15, 0.2) is 42.5 Å². The van der Waals surface area contributed by atoms with Gasteiger partial charge in [-0.2, -0.15) is 0 Å². The molecule has 28 heavy (non-hydrogen) atoms. The molecule has 2 amide bonds. The van der Waals surface area contributed by atoms with Crippen LogP contribution in [0, 0.1) is 0 Å².